The number of carbonyl (C=O) groups is 2. The zero-order chi connectivity index (χ0) is 14.8. The van der Waals surface area contributed by atoms with Gasteiger partial charge in [0, 0.05) is 5.92 Å². The Bertz CT molecular complexity index is 506. The molecule has 0 radical (unpaired) electrons. The molecule has 4 nitrogen and oxygen atoms in total. The predicted octanol–water partition coefficient (Wildman–Crippen LogP) is 3.22. The Hall–Kier alpha value is -1.84. The van der Waals surface area contributed by atoms with Gasteiger partial charge < -0.3 is 9.84 Å². The molecule has 4 heteroatoms. The number of unbranched alkanes of at least 4 members (excludes halogenated alkanes) is 1. The van der Waals surface area contributed by atoms with Gasteiger partial charge >= 0.3 is 11.9 Å². The first-order valence-electron chi connectivity index (χ1n) is 6.97. The van der Waals surface area contributed by atoms with Gasteiger partial charge in [0.25, 0.3) is 0 Å². The number of carbonyl (C=O) groups excluding carboxylic acids is 1. The summed E-state index contributed by atoms with van der Waals surface area (Å²) in [6, 6.07) is 7.08. The van der Waals surface area contributed by atoms with Crippen molar-refractivity contribution in [3.05, 3.63) is 35.4 Å². The van der Waals surface area contributed by atoms with Crippen molar-refractivity contribution in [3.8, 4) is 0 Å². The van der Waals surface area contributed by atoms with Crippen LogP contribution < -0.4 is 0 Å². The van der Waals surface area contributed by atoms with Crippen molar-refractivity contribution in [3.63, 3.8) is 0 Å². The topological polar surface area (TPSA) is 63.6 Å². The maximum atomic E-state index is 11.5. The van der Waals surface area contributed by atoms with Gasteiger partial charge in [-0.15, -0.1) is 0 Å². The van der Waals surface area contributed by atoms with E-state index in [2.05, 4.69) is 11.7 Å². The molecule has 0 unspecified atom stereocenters. The van der Waals surface area contributed by atoms with Gasteiger partial charge in [0.2, 0.25) is 0 Å². The molecule has 2 atom stereocenters. The fraction of sp³-hybridized carbons (Fsp3) is 0.500. The highest BCUT2D eigenvalue weighted by atomic mass is 16.5. The first-order chi connectivity index (χ1) is 9.55. The number of ether oxygens (including phenoxy) is 1. The van der Waals surface area contributed by atoms with Gasteiger partial charge in [-0.25, -0.2) is 4.79 Å². The van der Waals surface area contributed by atoms with Crippen LogP contribution in [0.4, 0.5) is 0 Å². The quantitative estimate of drug-likeness (QED) is 0.810. The smallest absolute Gasteiger partial charge is 0.337 e. The fourth-order valence-corrected chi connectivity index (χ4v) is 2.82. The van der Waals surface area contributed by atoms with E-state index >= 15 is 0 Å². The van der Waals surface area contributed by atoms with Crippen molar-refractivity contribution in [2.45, 2.75) is 38.5 Å². The number of aliphatic carboxylic acids is 1. The summed E-state index contributed by atoms with van der Waals surface area (Å²) in [4.78, 5) is 22.9. The van der Waals surface area contributed by atoms with E-state index < -0.39 is 11.4 Å². The average molecular weight is 276 g/mol. The Balaban J connectivity index is 2.13. The molecule has 0 amide bonds. The molecule has 20 heavy (non-hydrogen) atoms. The number of esters is 1. The van der Waals surface area contributed by atoms with Crippen LogP contribution in [-0.2, 0) is 9.53 Å². The summed E-state index contributed by atoms with van der Waals surface area (Å²) in [5, 5.41) is 9.47. The van der Waals surface area contributed by atoms with E-state index in [9.17, 15) is 14.7 Å². The van der Waals surface area contributed by atoms with Gasteiger partial charge in [-0.3, -0.25) is 4.79 Å². The van der Waals surface area contributed by atoms with Crippen LogP contribution in [0.3, 0.4) is 0 Å². The minimum absolute atomic E-state index is 0.0678. The molecular weight excluding hydrogens is 256 g/mol. The lowest BCUT2D eigenvalue weighted by Crippen LogP contribution is -2.17. The highest BCUT2D eigenvalue weighted by Gasteiger charge is 2.60. The molecule has 0 bridgehead atoms. The van der Waals surface area contributed by atoms with E-state index in [0.717, 1.165) is 24.8 Å². The van der Waals surface area contributed by atoms with Crippen LogP contribution in [0.15, 0.2) is 24.3 Å². The SMILES string of the molecule is CCCC[C@@]1(C(=O)O)C[C@@H]1c1ccc(C(=O)OC)cc1. The molecule has 1 fully saturated rings. The second kappa shape index (κ2) is 5.65. The molecule has 1 aromatic carbocycles. The van der Waals surface area contributed by atoms with E-state index in [-0.39, 0.29) is 11.9 Å². The number of carboxylic acid groups (broad SMARTS) is 1. The third-order valence-electron chi connectivity index (χ3n) is 4.21. The van der Waals surface area contributed by atoms with Crippen molar-refractivity contribution < 1.29 is 19.4 Å². The standard InChI is InChI=1S/C16H20O4/c1-3-4-9-16(15(18)19)10-13(16)11-5-7-12(8-6-11)14(17)20-2/h5-8,13H,3-4,9-10H2,1-2H3,(H,18,19)/t13-,16-/m1/s1. The molecular formula is C16H20O4. The Labute approximate surface area is 118 Å². The number of rotatable bonds is 6. The van der Waals surface area contributed by atoms with Crippen molar-refractivity contribution in [1.29, 1.82) is 0 Å². The fourth-order valence-electron chi connectivity index (χ4n) is 2.82. The summed E-state index contributed by atoms with van der Waals surface area (Å²) in [5.41, 5.74) is 0.894. The normalized spacial score (nSPS) is 24.2. The summed E-state index contributed by atoms with van der Waals surface area (Å²) in [7, 11) is 1.34. The third-order valence-corrected chi connectivity index (χ3v) is 4.21. The molecule has 0 aromatic heterocycles. The van der Waals surface area contributed by atoms with Crippen LogP contribution in [0.5, 0.6) is 0 Å². The molecule has 1 aliphatic carbocycles. The van der Waals surface area contributed by atoms with Crippen LogP contribution in [0.25, 0.3) is 0 Å². The van der Waals surface area contributed by atoms with Crippen molar-refractivity contribution in [2.75, 3.05) is 7.11 Å². The lowest BCUT2D eigenvalue weighted by Gasteiger charge is -2.12. The highest BCUT2D eigenvalue weighted by Crippen LogP contribution is 2.62. The maximum Gasteiger partial charge on any atom is 0.337 e. The number of methoxy groups -OCH3 is 1. The summed E-state index contributed by atoms with van der Waals surface area (Å²) < 4.78 is 4.65. The Morgan fingerprint density at radius 3 is 2.50 bits per heavy atom. The lowest BCUT2D eigenvalue weighted by atomic mass is 9.93. The van der Waals surface area contributed by atoms with Gasteiger partial charge in [-0.05, 0) is 30.5 Å². The first kappa shape index (κ1) is 14.6. The van der Waals surface area contributed by atoms with E-state index in [0.29, 0.717) is 12.0 Å². The molecule has 0 saturated heterocycles. The minimum Gasteiger partial charge on any atom is -0.481 e. The monoisotopic (exact) mass is 276 g/mol. The zero-order valence-electron chi connectivity index (χ0n) is 11.9. The van der Waals surface area contributed by atoms with Crippen LogP contribution in [0.2, 0.25) is 0 Å². The largest absolute Gasteiger partial charge is 0.481 e. The van der Waals surface area contributed by atoms with Gasteiger partial charge in [0.15, 0.2) is 0 Å². The van der Waals surface area contributed by atoms with E-state index in [1.54, 1.807) is 12.1 Å². The number of hydrogen-bond donors (Lipinski definition) is 1. The first-order valence-corrected chi connectivity index (χ1v) is 6.97. The lowest BCUT2D eigenvalue weighted by molar-refractivity contribution is -0.143. The molecule has 1 saturated carbocycles. The van der Waals surface area contributed by atoms with Gasteiger partial charge in [0.05, 0.1) is 18.1 Å². The zero-order valence-corrected chi connectivity index (χ0v) is 11.9. The van der Waals surface area contributed by atoms with Crippen LogP contribution in [-0.4, -0.2) is 24.2 Å². The summed E-state index contributed by atoms with van der Waals surface area (Å²) >= 11 is 0. The van der Waals surface area contributed by atoms with Crippen LogP contribution in [0, 0.1) is 5.41 Å². The van der Waals surface area contributed by atoms with Crippen molar-refractivity contribution in [2.24, 2.45) is 5.41 Å². The molecule has 0 spiro atoms. The summed E-state index contributed by atoms with van der Waals surface area (Å²) in [6.07, 6.45) is 3.36. The summed E-state index contributed by atoms with van der Waals surface area (Å²) in [6.45, 7) is 2.07. The van der Waals surface area contributed by atoms with Crippen LogP contribution >= 0.6 is 0 Å². The Morgan fingerprint density at radius 1 is 1.35 bits per heavy atom. The Kier molecular flexibility index (Phi) is 4.12. The number of carboxylic acids is 1. The van der Waals surface area contributed by atoms with Gasteiger partial charge in [-0.1, -0.05) is 31.9 Å². The van der Waals surface area contributed by atoms with Crippen molar-refractivity contribution in [1.82, 2.24) is 0 Å². The predicted molar refractivity (Wildman–Crippen MR) is 74.7 cm³/mol. The van der Waals surface area contributed by atoms with Crippen LogP contribution in [0.1, 0.15) is 54.4 Å². The Morgan fingerprint density at radius 2 is 2.00 bits per heavy atom. The van der Waals surface area contributed by atoms with E-state index in [1.165, 1.54) is 7.11 Å². The molecule has 0 heterocycles. The number of benzene rings is 1. The van der Waals surface area contributed by atoms with Gasteiger partial charge in [0.1, 0.15) is 0 Å². The summed E-state index contributed by atoms with van der Waals surface area (Å²) in [5.74, 6) is -1.01. The second-order valence-corrected chi connectivity index (χ2v) is 5.44. The van der Waals surface area contributed by atoms with Gasteiger partial charge in [-0.2, -0.15) is 0 Å². The molecule has 0 aliphatic heterocycles. The molecule has 1 aromatic rings. The molecule has 1 N–H and O–H groups in total. The van der Waals surface area contributed by atoms with E-state index in [1.807, 2.05) is 12.1 Å². The minimum atomic E-state index is -0.701. The second-order valence-electron chi connectivity index (χ2n) is 5.44. The maximum absolute atomic E-state index is 11.5. The number of hydrogen-bond acceptors (Lipinski definition) is 3. The van der Waals surface area contributed by atoms with E-state index in [4.69, 9.17) is 0 Å². The molecule has 108 valence electrons. The van der Waals surface area contributed by atoms with Crippen molar-refractivity contribution >= 4 is 11.9 Å². The molecule has 1 aliphatic rings. The average Bonchev–Trinajstić information content (AvgIpc) is 3.20. The highest BCUT2D eigenvalue weighted by molar-refractivity contribution is 5.89. The third kappa shape index (κ3) is 2.55. The molecule has 2 rings (SSSR count).